The number of fused-ring (bicyclic) bond motifs is 2. The molecule has 1 aliphatic carbocycles. The second-order valence-corrected chi connectivity index (χ2v) is 4.12. The van der Waals surface area contributed by atoms with Crippen LogP contribution >= 0.6 is 0 Å². The minimum atomic E-state index is -0.319. The van der Waals surface area contributed by atoms with Crippen molar-refractivity contribution in [1.82, 2.24) is 0 Å². The van der Waals surface area contributed by atoms with Gasteiger partial charge in [0.05, 0.1) is 5.92 Å². The van der Waals surface area contributed by atoms with Crippen molar-refractivity contribution < 1.29 is 9.59 Å². The third-order valence-corrected chi connectivity index (χ3v) is 3.22. The number of aldehydes is 1. The van der Waals surface area contributed by atoms with Crippen molar-refractivity contribution in [3.63, 3.8) is 0 Å². The third-order valence-electron chi connectivity index (χ3n) is 3.22. The number of hydrogen-bond donors (Lipinski definition) is 0. The summed E-state index contributed by atoms with van der Waals surface area (Å²) in [4.78, 5) is 23.5. The van der Waals surface area contributed by atoms with Crippen LogP contribution < -0.4 is 0 Å². The molecule has 2 nitrogen and oxygen atoms in total. The second-order valence-electron chi connectivity index (χ2n) is 4.12. The van der Waals surface area contributed by atoms with Crippen LogP contribution in [0.25, 0.3) is 0 Å². The summed E-state index contributed by atoms with van der Waals surface area (Å²) >= 11 is 0. The second kappa shape index (κ2) is 3.67. The molecule has 0 fully saturated rings. The van der Waals surface area contributed by atoms with E-state index < -0.39 is 0 Å². The Hall–Kier alpha value is -2.22. The zero-order chi connectivity index (χ0) is 11.8. The van der Waals surface area contributed by atoms with Gasteiger partial charge in [0.2, 0.25) is 0 Å². The van der Waals surface area contributed by atoms with Gasteiger partial charge in [0.1, 0.15) is 6.29 Å². The maximum Gasteiger partial charge on any atom is 0.193 e. The van der Waals surface area contributed by atoms with Crippen LogP contribution in [0.4, 0.5) is 0 Å². The summed E-state index contributed by atoms with van der Waals surface area (Å²) in [6, 6.07) is 14.6. The van der Waals surface area contributed by atoms with E-state index in [0.717, 1.165) is 17.4 Å². The fourth-order valence-electron chi connectivity index (χ4n) is 2.41. The SMILES string of the molecule is O=CC1c2ccccc2C(=O)c2ccccc21. The van der Waals surface area contributed by atoms with Crippen LogP contribution in [0.5, 0.6) is 0 Å². The summed E-state index contributed by atoms with van der Waals surface area (Å²) in [7, 11) is 0. The third kappa shape index (κ3) is 1.34. The van der Waals surface area contributed by atoms with E-state index in [1.165, 1.54) is 0 Å². The van der Waals surface area contributed by atoms with Crippen LogP contribution in [-0.2, 0) is 4.79 Å². The van der Waals surface area contributed by atoms with Gasteiger partial charge in [0.25, 0.3) is 0 Å². The molecule has 0 bridgehead atoms. The minimum absolute atomic E-state index is 0.00861. The first kappa shape index (κ1) is 9.97. The Balaban J connectivity index is 2.33. The zero-order valence-electron chi connectivity index (χ0n) is 9.09. The molecule has 0 radical (unpaired) electrons. The first-order valence-electron chi connectivity index (χ1n) is 5.51. The van der Waals surface area contributed by atoms with E-state index in [-0.39, 0.29) is 11.7 Å². The van der Waals surface area contributed by atoms with Gasteiger partial charge >= 0.3 is 0 Å². The van der Waals surface area contributed by atoms with Gasteiger partial charge in [-0.1, -0.05) is 48.5 Å². The van der Waals surface area contributed by atoms with Crippen molar-refractivity contribution in [3.05, 3.63) is 70.8 Å². The number of benzene rings is 2. The fraction of sp³-hybridized carbons (Fsp3) is 0.0667. The molecule has 0 saturated heterocycles. The first-order chi connectivity index (χ1) is 8.33. The van der Waals surface area contributed by atoms with Crippen LogP contribution in [0.15, 0.2) is 48.5 Å². The molecule has 3 rings (SSSR count). The Morgan fingerprint density at radius 1 is 0.824 bits per heavy atom. The summed E-state index contributed by atoms with van der Waals surface area (Å²) in [5.41, 5.74) is 2.91. The van der Waals surface area contributed by atoms with Crippen LogP contribution in [-0.4, -0.2) is 12.1 Å². The van der Waals surface area contributed by atoms with Crippen LogP contribution in [0.1, 0.15) is 33.0 Å². The van der Waals surface area contributed by atoms with Gasteiger partial charge in [-0.3, -0.25) is 4.79 Å². The normalized spacial score (nSPS) is 14.0. The van der Waals surface area contributed by atoms with E-state index in [1.807, 2.05) is 36.4 Å². The summed E-state index contributed by atoms with van der Waals surface area (Å²) in [5.74, 6) is -0.311. The van der Waals surface area contributed by atoms with Crippen molar-refractivity contribution in [1.29, 1.82) is 0 Å². The zero-order valence-corrected chi connectivity index (χ0v) is 9.09. The highest BCUT2D eigenvalue weighted by Crippen LogP contribution is 2.34. The van der Waals surface area contributed by atoms with Crippen LogP contribution in [0.3, 0.4) is 0 Å². The van der Waals surface area contributed by atoms with Crippen molar-refractivity contribution in [2.75, 3.05) is 0 Å². The Kier molecular flexibility index (Phi) is 2.15. The monoisotopic (exact) mass is 222 g/mol. The minimum Gasteiger partial charge on any atom is -0.302 e. The first-order valence-corrected chi connectivity index (χ1v) is 5.51. The molecule has 2 heteroatoms. The molecule has 0 aliphatic heterocycles. The molecular weight excluding hydrogens is 212 g/mol. The Morgan fingerprint density at radius 2 is 1.29 bits per heavy atom. The molecule has 0 aromatic heterocycles. The molecular formula is C15H10O2. The summed E-state index contributed by atoms with van der Waals surface area (Å²) in [6.07, 6.45) is 0.907. The summed E-state index contributed by atoms with van der Waals surface area (Å²) in [5, 5.41) is 0. The van der Waals surface area contributed by atoms with E-state index in [0.29, 0.717) is 11.1 Å². The lowest BCUT2D eigenvalue weighted by atomic mass is 9.78. The van der Waals surface area contributed by atoms with Gasteiger partial charge in [-0.25, -0.2) is 0 Å². The number of ketones is 1. The molecule has 2 aromatic carbocycles. The Morgan fingerprint density at radius 3 is 1.76 bits per heavy atom. The topological polar surface area (TPSA) is 34.1 Å². The lowest BCUT2D eigenvalue weighted by Gasteiger charge is -2.23. The van der Waals surface area contributed by atoms with Gasteiger partial charge < -0.3 is 4.79 Å². The lowest BCUT2D eigenvalue weighted by molar-refractivity contribution is -0.108. The average Bonchev–Trinajstić information content (AvgIpc) is 2.40. The largest absolute Gasteiger partial charge is 0.302 e. The predicted molar refractivity (Wildman–Crippen MR) is 64.2 cm³/mol. The summed E-state index contributed by atoms with van der Waals surface area (Å²) in [6.45, 7) is 0. The van der Waals surface area contributed by atoms with Gasteiger partial charge in [0.15, 0.2) is 5.78 Å². The Labute approximate surface area is 98.9 Å². The van der Waals surface area contributed by atoms with E-state index in [9.17, 15) is 9.59 Å². The van der Waals surface area contributed by atoms with Crippen LogP contribution in [0, 0.1) is 0 Å². The van der Waals surface area contributed by atoms with Crippen molar-refractivity contribution in [2.45, 2.75) is 5.92 Å². The van der Waals surface area contributed by atoms with Crippen molar-refractivity contribution >= 4 is 12.1 Å². The number of rotatable bonds is 1. The number of carbonyl (C=O) groups excluding carboxylic acids is 2. The lowest BCUT2D eigenvalue weighted by Crippen LogP contribution is -2.20. The molecule has 0 N–H and O–H groups in total. The van der Waals surface area contributed by atoms with E-state index in [4.69, 9.17) is 0 Å². The molecule has 0 amide bonds. The van der Waals surface area contributed by atoms with Gasteiger partial charge in [-0.2, -0.15) is 0 Å². The smallest absolute Gasteiger partial charge is 0.193 e. The predicted octanol–water partition coefficient (Wildman–Crippen LogP) is 2.56. The van der Waals surface area contributed by atoms with Gasteiger partial charge in [0, 0.05) is 11.1 Å². The van der Waals surface area contributed by atoms with E-state index in [1.54, 1.807) is 12.1 Å². The molecule has 0 heterocycles. The highest BCUT2D eigenvalue weighted by Gasteiger charge is 2.29. The average molecular weight is 222 g/mol. The van der Waals surface area contributed by atoms with Gasteiger partial charge in [-0.05, 0) is 11.1 Å². The molecule has 17 heavy (non-hydrogen) atoms. The van der Waals surface area contributed by atoms with Gasteiger partial charge in [-0.15, -0.1) is 0 Å². The van der Waals surface area contributed by atoms with Crippen molar-refractivity contribution in [3.8, 4) is 0 Å². The van der Waals surface area contributed by atoms with E-state index >= 15 is 0 Å². The van der Waals surface area contributed by atoms with E-state index in [2.05, 4.69) is 0 Å². The molecule has 0 spiro atoms. The quantitative estimate of drug-likeness (QED) is 0.695. The standard InChI is InChI=1S/C15H10O2/c16-9-14-10-5-1-3-7-12(10)15(17)13-8-4-2-6-11(13)14/h1-9,14H. The Bertz CT molecular complexity index is 564. The maximum absolute atomic E-state index is 12.3. The van der Waals surface area contributed by atoms with Crippen LogP contribution in [0.2, 0.25) is 0 Å². The molecule has 1 aliphatic rings. The maximum atomic E-state index is 12.3. The highest BCUT2D eigenvalue weighted by atomic mass is 16.1. The molecule has 82 valence electrons. The number of hydrogen-bond acceptors (Lipinski definition) is 2. The number of carbonyl (C=O) groups is 2. The molecule has 2 aromatic rings. The van der Waals surface area contributed by atoms with Crippen molar-refractivity contribution in [2.24, 2.45) is 0 Å². The molecule has 0 saturated carbocycles. The summed E-state index contributed by atoms with van der Waals surface area (Å²) < 4.78 is 0. The molecule has 0 atom stereocenters. The highest BCUT2D eigenvalue weighted by molar-refractivity contribution is 6.14. The molecule has 0 unspecified atom stereocenters. The fourth-order valence-corrected chi connectivity index (χ4v) is 2.41.